The van der Waals surface area contributed by atoms with Crippen molar-refractivity contribution >= 4 is 25.4 Å². The molecule has 0 saturated carbocycles. The molecule has 9 heteroatoms. The van der Waals surface area contributed by atoms with Gasteiger partial charge in [0.15, 0.2) is 0 Å². The molecule has 20 heavy (non-hydrogen) atoms. The summed E-state index contributed by atoms with van der Waals surface area (Å²) in [7, 11) is 1.51. The molecule has 0 aromatic heterocycles. The molecule has 1 atom stereocenters. The zero-order chi connectivity index (χ0) is 15.3. The highest BCUT2D eigenvalue weighted by Crippen LogP contribution is 2.23. The maximum absolute atomic E-state index is 13.3. The van der Waals surface area contributed by atoms with E-state index in [1.807, 2.05) is 0 Å². The van der Waals surface area contributed by atoms with Gasteiger partial charge in [-0.25, -0.2) is 8.42 Å². The monoisotopic (exact) mass is 325 g/mol. The lowest BCUT2D eigenvalue weighted by Crippen LogP contribution is -2.19. The Morgan fingerprint density at radius 1 is 1.50 bits per heavy atom. The highest BCUT2D eigenvalue weighted by Gasteiger charge is 2.18. The number of hydrogen-bond acceptors (Lipinski definition) is 5. The molecule has 0 aliphatic heterocycles. The number of nitro benzene ring substituents is 1. The summed E-state index contributed by atoms with van der Waals surface area (Å²) in [5.41, 5.74) is -0.646. The fourth-order valence-electron chi connectivity index (χ4n) is 1.50. The SMILES string of the molecule is CCC(COc1ccc([N+](=O)[O-])c(F)c1)CS(=O)(=O)Cl. The van der Waals surface area contributed by atoms with Gasteiger partial charge < -0.3 is 4.74 Å². The summed E-state index contributed by atoms with van der Waals surface area (Å²) < 4.78 is 40.5. The number of halogens is 2. The van der Waals surface area contributed by atoms with Gasteiger partial charge in [0, 0.05) is 28.7 Å². The van der Waals surface area contributed by atoms with E-state index in [2.05, 4.69) is 0 Å². The van der Waals surface area contributed by atoms with Crippen LogP contribution in [0.5, 0.6) is 5.75 Å². The summed E-state index contributed by atoms with van der Waals surface area (Å²) in [5.74, 6) is -1.50. The standard InChI is InChI=1S/C11H13ClFNO5S/c1-2-8(7-20(12,17)18)6-19-9-3-4-11(14(15)16)10(13)5-9/h3-5,8H,2,6-7H2,1H3. The molecule has 6 nitrogen and oxygen atoms in total. The zero-order valence-electron chi connectivity index (χ0n) is 10.6. The molecule has 0 spiro atoms. The van der Waals surface area contributed by atoms with Crippen LogP contribution in [0.15, 0.2) is 18.2 Å². The fraction of sp³-hybridized carbons (Fsp3) is 0.455. The Morgan fingerprint density at radius 3 is 2.60 bits per heavy atom. The van der Waals surface area contributed by atoms with Crippen molar-refractivity contribution in [2.45, 2.75) is 13.3 Å². The molecule has 0 bridgehead atoms. The zero-order valence-corrected chi connectivity index (χ0v) is 12.2. The first-order valence-electron chi connectivity index (χ1n) is 5.72. The summed E-state index contributed by atoms with van der Waals surface area (Å²) >= 11 is 0. The van der Waals surface area contributed by atoms with E-state index in [1.165, 1.54) is 6.07 Å². The molecule has 0 fully saturated rings. The molecule has 0 heterocycles. The number of ether oxygens (including phenoxy) is 1. The van der Waals surface area contributed by atoms with Crippen molar-refractivity contribution in [3.05, 3.63) is 34.1 Å². The summed E-state index contributed by atoms with van der Waals surface area (Å²) in [6, 6.07) is 3.13. The molecule has 1 aromatic rings. The average Bonchev–Trinajstić information content (AvgIpc) is 2.32. The minimum absolute atomic E-state index is 0.0275. The van der Waals surface area contributed by atoms with Gasteiger partial charge in [-0.3, -0.25) is 10.1 Å². The van der Waals surface area contributed by atoms with Gasteiger partial charge in [0.25, 0.3) is 0 Å². The van der Waals surface area contributed by atoms with Gasteiger partial charge >= 0.3 is 5.69 Å². The average molecular weight is 326 g/mol. The van der Waals surface area contributed by atoms with Crippen molar-refractivity contribution in [1.29, 1.82) is 0 Å². The number of nitro groups is 1. The van der Waals surface area contributed by atoms with Crippen molar-refractivity contribution in [2.24, 2.45) is 5.92 Å². The van der Waals surface area contributed by atoms with E-state index in [4.69, 9.17) is 15.4 Å². The second-order valence-electron chi connectivity index (χ2n) is 4.16. The molecule has 112 valence electrons. The van der Waals surface area contributed by atoms with Crippen LogP contribution < -0.4 is 4.74 Å². The predicted molar refractivity (Wildman–Crippen MR) is 72.0 cm³/mol. The normalized spacial score (nSPS) is 12.9. The third-order valence-electron chi connectivity index (χ3n) is 2.61. The maximum Gasteiger partial charge on any atom is 0.305 e. The van der Waals surface area contributed by atoms with Gasteiger partial charge in [-0.2, -0.15) is 4.39 Å². The van der Waals surface area contributed by atoms with E-state index in [1.54, 1.807) is 6.92 Å². The number of nitrogens with zero attached hydrogens (tertiary/aromatic N) is 1. The summed E-state index contributed by atoms with van der Waals surface area (Å²) in [6.45, 7) is 1.80. The van der Waals surface area contributed by atoms with Crippen molar-refractivity contribution in [1.82, 2.24) is 0 Å². The highest BCUT2D eigenvalue weighted by atomic mass is 35.7. The first-order chi connectivity index (χ1) is 9.23. The molecule has 0 amide bonds. The van der Waals surface area contributed by atoms with Crippen LogP contribution in [-0.2, 0) is 9.05 Å². The van der Waals surface area contributed by atoms with Crippen LogP contribution in [0, 0.1) is 21.8 Å². The molecule has 0 saturated heterocycles. The first-order valence-corrected chi connectivity index (χ1v) is 8.20. The topological polar surface area (TPSA) is 86.5 Å². The van der Waals surface area contributed by atoms with Gasteiger partial charge in [0.2, 0.25) is 14.9 Å². The smallest absolute Gasteiger partial charge is 0.305 e. The van der Waals surface area contributed by atoms with E-state index in [9.17, 15) is 22.9 Å². The quantitative estimate of drug-likeness (QED) is 0.437. The number of rotatable bonds is 7. The Hall–Kier alpha value is -1.41. The van der Waals surface area contributed by atoms with Crippen LogP contribution >= 0.6 is 10.7 Å². The van der Waals surface area contributed by atoms with Crippen molar-refractivity contribution in [2.75, 3.05) is 12.4 Å². The highest BCUT2D eigenvalue weighted by molar-refractivity contribution is 8.13. The van der Waals surface area contributed by atoms with E-state index < -0.39 is 25.5 Å². The molecule has 0 aliphatic rings. The van der Waals surface area contributed by atoms with Crippen molar-refractivity contribution < 1.29 is 22.5 Å². The molecule has 0 radical (unpaired) electrons. The molecule has 0 aliphatic carbocycles. The number of benzene rings is 1. The van der Waals surface area contributed by atoms with Gasteiger partial charge in [0.05, 0.1) is 17.3 Å². The van der Waals surface area contributed by atoms with E-state index in [0.717, 1.165) is 12.1 Å². The van der Waals surface area contributed by atoms with E-state index in [-0.39, 0.29) is 24.0 Å². The maximum atomic E-state index is 13.3. The second kappa shape index (κ2) is 6.85. The summed E-state index contributed by atoms with van der Waals surface area (Å²) in [5, 5.41) is 10.4. The Kier molecular flexibility index (Phi) is 5.70. The molecular weight excluding hydrogens is 313 g/mol. The molecular formula is C11H13ClFNO5S. The summed E-state index contributed by atoms with van der Waals surface area (Å²) in [6.07, 6.45) is 0.515. The van der Waals surface area contributed by atoms with E-state index in [0.29, 0.717) is 6.42 Å². The Balaban J connectivity index is 2.70. The second-order valence-corrected chi connectivity index (χ2v) is 6.98. The van der Waals surface area contributed by atoms with Crippen LogP contribution in [0.1, 0.15) is 13.3 Å². The molecule has 1 aromatic carbocycles. The molecule has 1 rings (SSSR count). The molecule has 0 N–H and O–H groups in total. The lowest BCUT2D eigenvalue weighted by atomic mass is 10.1. The number of hydrogen-bond donors (Lipinski definition) is 0. The van der Waals surface area contributed by atoms with Crippen LogP contribution in [0.25, 0.3) is 0 Å². The Bertz CT molecular complexity index is 592. The van der Waals surface area contributed by atoms with Gasteiger partial charge in [0.1, 0.15) is 5.75 Å². The minimum Gasteiger partial charge on any atom is -0.493 e. The lowest BCUT2D eigenvalue weighted by molar-refractivity contribution is -0.387. The summed E-state index contributed by atoms with van der Waals surface area (Å²) in [4.78, 5) is 9.61. The van der Waals surface area contributed by atoms with Crippen LogP contribution in [-0.4, -0.2) is 25.7 Å². The van der Waals surface area contributed by atoms with Crippen LogP contribution in [0.4, 0.5) is 10.1 Å². The Morgan fingerprint density at radius 2 is 2.15 bits per heavy atom. The van der Waals surface area contributed by atoms with Crippen molar-refractivity contribution in [3.8, 4) is 5.75 Å². The van der Waals surface area contributed by atoms with Gasteiger partial charge in [-0.05, 0) is 12.5 Å². The first kappa shape index (κ1) is 16.6. The predicted octanol–water partition coefficient (Wildman–Crippen LogP) is 2.71. The minimum atomic E-state index is -3.64. The third kappa shape index (κ3) is 5.30. The van der Waals surface area contributed by atoms with Gasteiger partial charge in [-0.1, -0.05) is 6.92 Å². The van der Waals surface area contributed by atoms with Crippen LogP contribution in [0.3, 0.4) is 0 Å². The lowest BCUT2D eigenvalue weighted by Gasteiger charge is -2.14. The van der Waals surface area contributed by atoms with Gasteiger partial charge in [-0.15, -0.1) is 0 Å². The Labute approximate surface area is 120 Å². The van der Waals surface area contributed by atoms with E-state index >= 15 is 0 Å². The van der Waals surface area contributed by atoms with Crippen molar-refractivity contribution in [3.63, 3.8) is 0 Å². The molecule has 1 unspecified atom stereocenters. The van der Waals surface area contributed by atoms with Crippen LogP contribution in [0.2, 0.25) is 0 Å². The fourth-order valence-corrected chi connectivity index (χ4v) is 2.93. The third-order valence-corrected chi connectivity index (χ3v) is 3.86. The largest absolute Gasteiger partial charge is 0.493 e.